The molecule has 0 saturated heterocycles. The lowest BCUT2D eigenvalue weighted by molar-refractivity contribution is 0.720. The lowest BCUT2D eigenvalue weighted by atomic mass is 10.2. The van der Waals surface area contributed by atoms with Crippen molar-refractivity contribution in [3.05, 3.63) is 17.8 Å². The first-order valence-corrected chi connectivity index (χ1v) is 5.49. The minimum absolute atomic E-state index is 0.487. The molecule has 1 aromatic rings. The average Bonchev–Trinajstić information content (AvgIpc) is 2.94. The van der Waals surface area contributed by atoms with Gasteiger partial charge in [0.1, 0.15) is 6.07 Å². The maximum absolute atomic E-state index is 8.88. The molecule has 1 aromatic heterocycles. The van der Waals surface area contributed by atoms with Crippen LogP contribution in [0.2, 0.25) is 0 Å². The summed E-state index contributed by atoms with van der Waals surface area (Å²) in [5.41, 5.74) is 6.89. The highest BCUT2D eigenvalue weighted by atomic mass is 15.2. The molecule has 4 nitrogen and oxygen atoms in total. The van der Waals surface area contributed by atoms with Gasteiger partial charge in [0, 0.05) is 19.8 Å². The van der Waals surface area contributed by atoms with Crippen LogP contribution in [0, 0.1) is 23.2 Å². The zero-order valence-electron chi connectivity index (χ0n) is 9.64. The molecule has 1 fully saturated rings. The van der Waals surface area contributed by atoms with E-state index in [2.05, 4.69) is 18.0 Å². The SMILES string of the molecule is CC1CC1CN(C)c1nccc(C#N)c1N. The van der Waals surface area contributed by atoms with E-state index in [1.807, 2.05) is 11.9 Å². The number of pyridine rings is 1. The molecule has 0 aromatic carbocycles. The smallest absolute Gasteiger partial charge is 0.152 e. The van der Waals surface area contributed by atoms with Gasteiger partial charge in [-0.3, -0.25) is 0 Å². The summed E-state index contributed by atoms with van der Waals surface area (Å²) in [6.07, 6.45) is 2.92. The van der Waals surface area contributed by atoms with E-state index < -0.39 is 0 Å². The number of nitriles is 1. The van der Waals surface area contributed by atoms with Crippen LogP contribution in [0.5, 0.6) is 0 Å². The van der Waals surface area contributed by atoms with E-state index in [-0.39, 0.29) is 0 Å². The third kappa shape index (κ3) is 1.94. The van der Waals surface area contributed by atoms with Gasteiger partial charge in [-0.25, -0.2) is 4.98 Å². The highest BCUT2D eigenvalue weighted by molar-refractivity contribution is 5.69. The van der Waals surface area contributed by atoms with Gasteiger partial charge in [-0.2, -0.15) is 5.26 Å². The van der Waals surface area contributed by atoms with Crippen molar-refractivity contribution in [2.45, 2.75) is 13.3 Å². The Labute approximate surface area is 95.7 Å². The van der Waals surface area contributed by atoms with E-state index in [1.54, 1.807) is 12.3 Å². The second-order valence-electron chi connectivity index (χ2n) is 4.56. The fourth-order valence-corrected chi connectivity index (χ4v) is 1.96. The van der Waals surface area contributed by atoms with Gasteiger partial charge < -0.3 is 10.6 Å². The summed E-state index contributed by atoms with van der Waals surface area (Å²) in [6, 6.07) is 3.72. The second-order valence-corrected chi connectivity index (χ2v) is 4.56. The Morgan fingerprint density at radius 1 is 1.69 bits per heavy atom. The molecule has 0 amide bonds. The van der Waals surface area contributed by atoms with E-state index in [0.29, 0.717) is 11.3 Å². The summed E-state index contributed by atoms with van der Waals surface area (Å²) in [7, 11) is 1.98. The Morgan fingerprint density at radius 3 is 2.94 bits per heavy atom. The maximum atomic E-state index is 8.88. The number of anilines is 2. The Hall–Kier alpha value is -1.76. The number of hydrogen-bond acceptors (Lipinski definition) is 4. The van der Waals surface area contributed by atoms with Crippen molar-refractivity contribution in [1.82, 2.24) is 4.98 Å². The fourth-order valence-electron chi connectivity index (χ4n) is 1.96. The van der Waals surface area contributed by atoms with Crippen molar-refractivity contribution >= 4 is 11.5 Å². The van der Waals surface area contributed by atoms with Crippen LogP contribution in [0.1, 0.15) is 18.9 Å². The van der Waals surface area contributed by atoms with Crippen molar-refractivity contribution in [3.8, 4) is 6.07 Å². The summed E-state index contributed by atoms with van der Waals surface area (Å²) in [5.74, 6) is 2.28. The van der Waals surface area contributed by atoms with Crippen LogP contribution < -0.4 is 10.6 Å². The van der Waals surface area contributed by atoms with Crippen molar-refractivity contribution < 1.29 is 0 Å². The lowest BCUT2D eigenvalue weighted by Crippen LogP contribution is -2.23. The predicted octanol–water partition coefficient (Wildman–Crippen LogP) is 1.63. The van der Waals surface area contributed by atoms with Crippen molar-refractivity contribution in [2.24, 2.45) is 11.8 Å². The summed E-state index contributed by atoms with van der Waals surface area (Å²) in [6.45, 7) is 3.22. The first kappa shape index (κ1) is 10.7. The Morgan fingerprint density at radius 2 is 2.38 bits per heavy atom. The lowest BCUT2D eigenvalue weighted by Gasteiger charge is -2.20. The Bertz CT molecular complexity index is 435. The van der Waals surface area contributed by atoms with Gasteiger partial charge >= 0.3 is 0 Å². The van der Waals surface area contributed by atoms with Gasteiger partial charge in [-0.05, 0) is 24.3 Å². The van der Waals surface area contributed by atoms with Gasteiger partial charge in [0.2, 0.25) is 0 Å². The van der Waals surface area contributed by atoms with E-state index in [9.17, 15) is 0 Å². The number of rotatable bonds is 3. The van der Waals surface area contributed by atoms with Crippen LogP contribution in [0.15, 0.2) is 12.3 Å². The van der Waals surface area contributed by atoms with E-state index in [4.69, 9.17) is 11.0 Å². The first-order valence-electron chi connectivity index (χ1n) is 5.49. The molecule has 1 aliphatic rings. The zero-order chi connectivity index (χ0) is 11.7. The Balaban J connectivity index is 2.16. The van der Waals surface area contributed by atoms with E-state index in [0.717, 1.165) is 24.2 Å². The minimum Gasteiger partial charge on any atom is -0.395 e. The zero-order valence-corrected chi connectivity index (χ0v) is 9.64. The highest BCUT2D eigenvalue weighted by Gasteiger charge is 2.33. The highest BCUT2D eigenvalue weighted by Crippen LogP contribution is 2.39. The summed E-state index contributed by atoms with van der Waals surface area (Å²) in [5, 5.41) is 8.88. The molecule has 2 atom stereocenters. The summed E-state index contributed by atoms with van der Waals surface area (Å²) in [4.78, 5) is 6.29. The van der Waals surface area contributed by atoms with Crippen LogP contribution in [0.3, 0.4) is 0 Å². The topological polar surface area (TPSA) is 65.9 Å². The molecular weight excluding hydrogens is 200 g/mol. The van der Waals surface area contributed by atoms with Gasteiger partial charge in [0.25, 0.3) is 0 Å². The number of hydrogen-bond donors (Lipinski definition) is 1. The van der Waals surface area contributed by atoms with E-state index >= 15 is 0 Å². The third-order valence-corrected chi connectivity index (χ3v) is 3.24. The molecule has 0 spiro atoms. The minimum atomic E-state index is 0.487. The molecule has 1 aliphatic carbocycles. The van der Waals surface area contributed by atoms with Crippen LogP contribution in [-0.4, -0.2) is 18.6 Å². The van der Waals surface area contributed by atoms with Crippen LogP contribution in [0.25, 0.3) is 0 Å². The molecular formula is C12H16N4. The normalized spacial score (nSPS) is 22.6. The summed E-state index contributed by atoms with van der Waals surface area (Å²) >= 11 is 0. The Kier molecular flexibility index (Phi) is 2.69. The molecule has 2 N–H and O–H groups in total. The molecule has 0 aliphatic heterocycles. The van der Waals surface area contributed by atoms with Gasteiger partial charge in [-0.15, -0.1) is 0 Å². The standard InChI is InChI=1S/C12H16N4/c1-8-5-10(8)7-16(2)12-11(14)9(6-13)3-4-15-12/h3-4,8,10H,5,7,14H2,1-2H3. The number of nitrogens with two attached hydrogens (primary N) is 1. The molecule has 84 valence electrons. The summed E-state index contributed by atoms with van der Waals surface area (Å²) < 4.78 is 0. The monoisotopic (exact) mass is 216 g/mol. The van der Waals surface area contributed by atoms with Crippen molar-refractivity contribution in [3.63, 3.8) is 0 Å². The van der Waals surface area contributed by atoms with Crippen LogP contribution in [-0.2, 0) is 0 Å². The van der Waals surface area contributed by atoms with Crippen LogP contribution >= 0.6 is 0 Å². The molecule has 1 heterocycles. The third-order valence-electron chi connectivity index (χ3n) is 3.24. The van der Waals surface area contributed by atoms with Crippen molar-refractivity contribution in [2.75, 3.05) is 24.2 Å². The van der Waals surface area contributed by atoms with Gasteiger partial charge in [0.05, 0.1) is 11.3 Å². The maximum Gasteiger partial charge on any atom is 0.152 e. The molecule has 0 radical (unpaired) electrons. The quantitative estimate of drug-likeness (QED) is 0.834. The first-order chi connectivity index (χ1) is 7.63. The molecule has 1 saturated carbocycles. The fraction of sp³-hybridized carbons (Fsp3) is 0.500. The average molecular weight is 216 g/mol. The van der Waals surface area contributed by atoms with Gasteiger partial charge in [0.15, 0.2) is 5.82 Å². The largest absolute Gasteiger partial charge is 0.395 e. The molecule has 4 heteroatoms. The second kappa shape index (κ2) is 4.01. The van der Waals surface area contributed by atoms with Crippen LogP contribution in [0.4, 0.5) is 11.5 Å². The number of nitrogen functional groups attached to an aromatic ring is 1. The predicted molar refractivity (Wildman–Crippen MR) is 63.9 cm³/mol. The molecule has 2 unspecified atom stereocenters. The molecule has 16 heavy (non-hydrogen) atoms. The van der Waals surface area contributed by atoms with Crippen molar-refractivity contribution in [1.29, 1.82) is 5.26 Å². The number of nitrogens with zero attached hydrogens (tertiary/aromatic N) is 3. The number of aromatic nitrogens is 1. The van der Waals surface area contributed by atoms with E-state index in [1.165, 1.54) is 6.42 Å². The molecule has 2 rings (SSSR count). The van der Waals surface area contributed by atoms with Gasteiger partial charge in [-0.1, -0.05) is 6.92 Å². The molecule has 0 bridgehead atoms.